The fraction of sp³-hybridized carbons (Fsp3) is 0.842. The molecule has 26 heavy (non-hydrogen) atoms. The Kier molecular flexibility index (Phi) is 7.58. The number of Topliss-reactive ketones (excluding diaryl/α,β-unsaturated/α-hetero) is 1. The van der Waals surface area contributed by atoms with Crippen LogP contribution in [0.4, 0.5) is 0 Å². The molecule has 7 nitrogen and oxygen atoms in total. The summed E-state index contributed by atoms with van der Waals surface area (Å²) in [6.07, 6.45) is 11.3. The predicted octanol–water partition coefficient (Wildman–Crippen LogP) is 2.85. The molecule has 0 spiro atoms. The van der Waals surface area contributed by atoms with Crippen molar-refractivity contribution < 1.29 is 24.1 Å². The van der Waals surface area contributed by atoms with E-state index < -0.39 is 10.8 Å². The van der Waals surface area contributed by atoms with E-state index in [-0.39, 0.29) is 17.7 Å². The first kappa shape index (κ1) is 20.8. The summed E-state index contributed by atoms with van der Waals surface area (Å²) >= 11 is 0. The molecule has 2 aliphatic carbocycles. The maximum absolute atomic E-state index is 12.0. The Morgan fingerprint density at radius 3 is 1.35 bits per heavy atom. The van der Waals surface area contributed by atoms with Crippen LogP contribution in [0.5, 0.6) is 0 Å². The SMILES string of the molecule is NOC(=O)C1(CCCCC(=O)CCCCC2(C(=O)ON)CCC2)CCC1. The van der Waals surface area contributed by atoms with Crippen LogP contribution < -0.4 is 11.8 Å². The minimum absolute atomic E-state index is 0.248. The van der Waals surface area contributed by atoms with Crippen molar-refractivity contribution in [3.63, 3.8) is 0 Å². The van der Waals surface area contributed by atoms with Crippen molar-refractivity contribution in [2.75, 3.05) is 0 Å². The van der Waals surface area contributed by atoms with E-state index in [1.165, 1.54) is 0 Å². The normalized spacial score (nSPS) is 19.8. The highest BCUT2D eigenvalue weighted by atomic mass is 16.7. The van der Waals surface area contributed by atoms with Crippen molar-refractivity contribution in [1.29, 1.82) is 0 Å². The molecule has 148 valence electrons. The maximum atomic E-state index is 12.0. The molecule has 0 amide bonds. The topological polar surface area (TPSA) is 122 Å². The molecule has 0 aromatic carbocycles. The Morgan fingerprint density at radius 1 is 0.692 bits per heavy atom. The zero-order valence-electron chi connectivity index (χ0n) is 15.6. The lowest BCUT2D eigenvalue weighted by atomic mass is 9.66. The molecule has 0 saturated heterocycles. The lowest BCUT2D eigenvalue weighted by molar-refractivity contribution is -0.163. The van der Waals surface area contributed by atoms with Gasteiger partial charge in [-0.25, -0.2) is 9.59 Å². The van der Waals surface area contributed by atoms with Crippen LogP contribution in [0, 0.1) is 10.8 Å². The van der Waals surface area contributed by atoms with Gasteiger partial charge in [-0.05, 0) is 51.4 Å². The van der Waals surface area contributed by atoms with Gasteiger partial charge in [0.25, 0.3) is 0 Å². The first-order valence-electron chi connectivity index (χ1n) is 9.82. The monoisotopic (exact) mass is 368 g/mol. The smallest absolute Gasteiger partial charge is 0.330 e. The fourth-order valence-corrected chi connectivity index (χ4v) is 4.27. The Labute approximate surface area is 155 Å². The standard InChI is InChI=1S/C19H32N2O5/c20-25-16(23)18(11-5-12-18)9-3-1-7-15(22)8-2-4-10-19(13-6-14-19)17(24)26-21/h1-14,20-21H2. The summed E-state index contributed by atoms with van der Waals surface area (Å²) in [7, 11) is 0. The third-order valence-corrected chi connectivity index (χ3v) is 6.42. The van der Waals surface area contributed by atoms with Crippen LogP contribution in [0.3, 0.4) is 0 Å². The maximum Gasteiger partial charge on any atom is 0.330 e. The summed E-state index contributed by atoms with van der Waals surface area (Å²) < 4.78 is 0. The number of unbranched alkanes of at least 4 members (excludes halogenated alkanes) is 2. The molecule has 2 aliphatic rings. The van der Waals surface area contributed by atoms with E-state index in [9.17, 15) is 14.4 Å². The Bertz CT molecular complexity index is 468. The minimum Gasteiger partial charge on any atom is -0.373 e. The van der Waals surface area contributed by atoms with Crippen molar-refractivity contribution in [2.45, 2.75) is 89.9 Å². The van der Waals surface area contributed by atoms with Gasteiger partial charge in [0, 0.05) is 12.8 Å². The zero-order valence-corrected chi connectivity index (χ0v) is 15.6. The molecule has 0 radical (unpaired) electrons. The number of hydrogen-bond acceptors (Lipinski definition) is 7. The van der Waals surface area contributed by atoms with Crippen LogP contribution >= 0.6 is 0 Å². The summed E-state index contributed by atoms with van der Waals surface area (Å²) in [4.78, 5) is 44.3. The second-order valence-electron chi connectivity index (χ2n) is 8.03. The average molecular weight is 368 g/mol. The molecule has 0 bridgehead atoms. The summed E-state index contributed by atoms with van der Waals surface area (Å²) in [5, 5.41) is 0. The Hall–Kier alpha value is -1.47. The van der Waals surface area contributed by atoms with Crippen LogP contribution in [0.15, 0.2) is 0 Å². The number of ketones is 1. The van der Waals surface area contributed by atoms with E-state index in [2.05, 4.69) is 9.68 Å². The fourth-order valence-electron chi connectivity index (χ4n) is 4.27. The third-order valence-electron chi connectivity index (χ3n) is 6.42. The third kappa shape index (κ3) is 4.82. The van der Waals surface area contributed by atoms with Crippen LogP contribution in [0.25, 0.3) is 0 Å². The van der Waals surface area contributed by atoms with E-state index in [1.54, 1.807) is 0 Å². The highest BCUT2D eigenvalue weighted by Gasteiger charge is 2.45. The molecule has 0 aromatic heterocycles. The molecule has 2 rings (SSSR count). The molecule has 2 saturated carbocycles. The molecule has 0 aliphatic heterocycles. The predicted molar refractivity (Wildman–Crippen MR) is 95.1 cm³/mol. The molecule has 0 atom stereocenters. The number of hydrogen-bond donors (Lipinski definition) is 2. The average Bonchev–Trinajstić information content (AvgIpc) is 2.57. The summed E-state index contributed by atoms with van der Waals surface area (Å²) in [5.74, 6) is 9.67. The van der Waals surface area contributed by atoms with Crippen LogP contribution in [-0.4, -0.2) is 17.7 Å². The van der Waals surface area contributed by atoms with Gasteiger partial charge in [-0.3, -0.25) is 4.79 Å². The van der Waals surface area contributed by atoms with Crippen LogP contribution in [0.1, 0.15) is 89.9 Å². The van der Waals surface area contributed by atoms with Crippen LogP contribution in [0.2, 0.25) is 0 Å². The van der Waals surface area contributed by atoms with E-state index in [4.69, 9.17) is 11.8 Å². The largest absolute Gasteiger partial charge is 0.373 e. The number of carbonyl (C=O) groups is 3. The van der Waals surface area contributed by atoms with Crippen molar-refractivity contribution >= 4 is 17.7 Å². The van der Waals surface area contributed by atoms with Crippen molar-refractivity contribution in [3.05, 3.63) is 0 Å². The minimum atomic E-state index is -0.396. The van der Waals surface area contributed by atoms with Crippen LogP contribution in [-0.2, 0) is 24.1 Å². The molecular formula is C19H32N2O5. The first-order chi connectivity index (χ1) is 12.5. The highest BCUT2D eigenvalue weighted by Crippen LogP contribution is 2.46. The number of rotatable bonds is 12. The first-order valence-corrected chi connectivity index (χ1v) is 9.82. The van der Waals surface area contributed by atoms with E-state index in [0.29, 0.717) is 12.8 Å². The van der Waals surface area contributed by atoms with Gasteiger partial charge in [-0.15, -0.1) is 0 Å². The van der Waals surface area contributed by atoms with Crippen molar-refractivity contribution in [2.24, 2.45) is 22.6 Å². The molecule has 0 unspecified atom stereocenters. The van der Waals surface area contributed by atoms with E-state index >= 15 is 0 Å². The molecule has 0 aromatic rings. The van der Waals surface area contributed by atoms with E-state index in [1.807, 2.05) is 0 Å². The molecule has 2 fully saturated rings. The van der Waals surface area contributed by atoms with Crippen molar-refractivity contribution in [3.8, 4) is 0 Å². The van der Waals surface area contributed by atoms with E-state index in [0.717, 1.165) is 77.0 Å². The second kappa shape index (κ2) is 9.46. The van der Waals surface area contributed by atoms with Gasteiger partial charge in [0.2, 0.25) is 0 Å². The zero-order chi connectivity index (χ0) is 19.0. The summed E-state index contributed by atoms with van der Waals surface area (Å²) in [5.41, 5.74) is -0.793. The number of nitrogens with two attached hydrogens (primary N) is 2. The molecular weight excluding hydrogens is 336 g/mol. The highest BCUT2D eigenvalue weighted by molar-refractivity contribution is 5.79. The summed E-state index contributed by atoms with van der Waals surface area (Å²) in [6.45, 7) is 0. The van der Waals surface area contributed by atoms with Gasteiger partial charge >= 0.3 is 11.9 Å². The van der Waals surface area contributed by atoms with Gasteiger partial charge in [0.1, 0.15) is 5.78 Å². The van der Waals surface area contributed by atoms with Crippen molar-refractivity contribution in [1.82, 2.24) is 0 Å². The molecule has 4 N–H and O–H groups in total. The summed E-state index contributed by atoms with van der Waals surface area (Å²) in [6, 6.07) is 0. The van der Waals surface area contributed by atoms with Gasteiger partial charge in [-0.2, -0.15) is 11.8 Å². The number of carbonyl (C=O) groups excluding carboxylic acids is 3. The quantitative estimate of drug-likeness (QED) is 0.401. The lowest BCUT2D eigenvalue weighted by Gasteiger charge is -2.38. The second-order valence-corrected chi connectivity index (χ2v) is 8.03. The Morgan fingerprint density at radius 2 is 1.08 bits per heavy atom. The van der Waals surface area contributed by atoms with Gasteiger partial charge < -0.3 is 9.68 Å². The lowest BCUT2D eigenvalue weighted by Crippen LogP contribution is -2.40. The van der Waals surface area contributed by atoms with Gasteiger partial charge in [0.15, 0.2) is 0 Å². The molecule has 7 heteroatoms. The molecule has 0 heterocycles. The Balaban J connectivity index is 1.55. The van der Waals surface area contributed by atoms with Gasteiger partial charge in [-0.1, -0.05) is 25.7 Å². The van der Waals surface area contributed by atoms with Gasteiger partial charge in [0.05, 0.1) is 10.8 Å².